The third-order valence-corrected chi connectivity index (χ3v) is 3.71. The fourth-order valence-electron chi connectivity index (χ4n) is 2.10. The van der Waals surface area contributed by atoms with Gasteiger partial charge >= 0.3 is 0 Å². The van der Waals surface area contributed by atoms with Gasteiger partial charge in [-0.15, -0.1) is 0 Å². The van der Waals surface area contributed by atoms with Gasteiger partial charge in [-0.2, -0.15) is 0 Å². The van der Waals surface area contributed by atoms with E-state index in [1.807, 2.05) is 6.07 Å². The molecule has 3 N–H and O–H groups in total. The summed E-state index contributed by atoms with van der Waals surface area (Å²) in [5, 5.41) is 3.98. The largest absolute Gasteiger partial charge is 0.366 e. The molecule has 1 rings (SSSR count). The smallest absolute Gasteiger partial charge is 0.248 e. The van der Waals surface area contributed by atoms with E-state index in [0.717, 1.165) is 18.7 Å². The Balaban J connectivity index is 2.20. The predicted molar refractivity (Wildman–Crippen MR) is 85.1 cm³/mol. The van der Waals surface area contributed by atoms with Crippen LogP contribution in [0.1, 0.15) is 61.4 Å². The first-order valence-electron chi connectivity index (χ1n) is 7.44. The van der Waals surface area contributed by atoms with Gasteiger partial charge in [0.15, 0.2) is 0 Å². The van der Waals surface area contributed by atoms with Crippen molar-refractivity contribution >= 4 is 17.5 Å². The standard InChI is InChI=1S/C16H25ClN2O/c1-2-3-4-5-6-7-10-19-12-14-9-8-13(16(18)20)11-15(14)17/h8-9,11,19H,2-7,10,12H2,1H3,(H2,18,20). The Morgan fingerprint density at radius 2 is 1.90 bits per heavy atom. The van der Waals surface area contributed by atoms with Crippen molar-refractivity contribution in [1.82, 2.24) is 5.32 Å². The van der Waals surface area contributed by atoms with Crippen LogP contribution >= 0.6 is 11.6 Å². The lowest BCUT2D eigenvalue weighted by atomic mass is 10.1. The Kier molecular flexibility index (Phi) is 8.31. The Morgan fingerprint density at radius 3 is 2.55 bits per heavy atom. The third-order valence-electron chi connectivity index (χ3n) is 3.36. The summed E-state index contributed by atoms with van der Waals surface area (Å²) in [6.07, 6.45) is 7.77. The fraction of sp³-hybridized carbons (Fsp3) is 0.562. The van der Waals surface area contributed by atoms with Gasteiger partial charge in [-0.25, -0.2) is 0 Å². The summed E-state index contributed by atoms with van der Waals surface area (Å²) in [7, 11) is 0. The van der Waals surface area contributed by atoms with Gasteiger partial charge in [0.05, 0.1) is 0 Å². The zero-order chi connectivity index (χ0) is 14.8. The van der Waals surface area contributed by atoms with Crippen molar-refractivity contribution < 1.29 is 4.79 Å². The molecule has 0 atom stereocenters. The highest BCUT2D eigenvalue weighted by atomic mass is 35.5. The maximum absolute atomic E-state index is 11.0. The second-order valence-corrected chi connectivity index (χ2v) is 5.52. The van der Waals surface area contributed by atoms with E-state index in [-0.39, 0.29) is 0 Å². The predicted octanol–water partition coefficient (Wildman–Crippen LogP) is 3.89. The molecule has 0 spiro atoms. The second-order valence-electron chi connectivity index (χ2n) is 5.11. The second kappa shape index (κ2) is 9.78. The molecule has 4 heteroatoms. The van der Waals surface area contributed by atoms with E-state index in [4.69, 9.17) is 17.3 Å². The summed E-state index contributed by atoms with van der Waals surface area (Å²) < 4.78 is 0. The van der Waals surface area contributed by atoms with Crippen LogP contribution in [0.25, 0.3) is 0 Å². The number of halogens is 1. The number of hydrogen-bond donors (Lipinski definition) is 2. The minimum absolute atomic E-state index is 0.446. The van der Waals surface area contributed by atoms with Crippen LogP contribution in [-0.2, 0) is 6.54 Å². The van der Waals surface area contributed by atoms with Crippen molar-refractivity contribution in [2.24, 2.45) is 5.73 Å². The molecule has 112 valence electrons. The minimum Gasteiger partial charge on any atom is -0.366 e. The highest BCUT2D eigenvalue weighted by Crippen LogP contribution is 2.17. The number of unbranched alkanes of at least 4 members (excludes halogenated alkanes) is 5. The topological polar surface area (TPSA) is 55.1 Å². The van der Waals surface area contributed by atoms with Gasteiger partial charge < -0.3 is 11.1 Å². The van der Waals surface area contributed by atoms with Gasteiger partial charge in [0.1, 0.15) is 0 Å². The minimum atomic E-state index is -0.446. The van der Waals surface area contributed by atoms with Crippen molar-refractivity contribution in [1.29, 1.82) is 0 Å². The van der Waals surface area contributed by atoms with Crippen molar-refractivity contribution in [3.8, 4) is 0 Å². The first-order chi connectivity index (χ1) is 9.65. The van der Waals surface area contributed by atoms with E-state index >= 15 is 0 Å². The number of carbonyl (C=O) groups excluding carboxylic acids is 1. The first-order valence-corrected chi connectivity index (χ1v) is 7.82. The molecule has 1 aromatic carbocycles. The molecule has 0 aromatic heterocycles. The van der Waals surface area contributed by atoms with Crippen LogP contribution in [0.5, 0.6) is 0 Å². The lowest BCUT2D eigenvalue weighted by Gasteiger charge is -2.08. The number of carbonyl (C=O) groups is 1. The molecule has 0 saturated heterocycles. The van der Waals surface area contributed by atoms with Crippen LogP contribution in [0.2, 0.25) is 5.02 Å². The monoisotopic (exact) mass is 296 g/mol. The molecule has 0 radical (unpaired) electrons. The summed E-state index contributed by atoms with van der Waals surface area (Å²) in [5.74, 6) is -0.446. The maximum Gasteiger partial charge on any atom is 0.248 e. The fourth-order valence-corrected chi connectivity index (χ4v) is 2.34. The van der Waals surface area contributed by atoms with Crippen LogP contribution in [0.15, 0.2) is 18.2 Å². The normalized spacial score (nSPS) is 10.7. The molecule has 0 heterocycles. The van der Waals surface area contributed by atoms with Crippen LogP contribution in [0, 0.1) is 0 Å². The van der Waals surface area contributed by atoms with Crippen LogP contribution < -0.4 is 11.1 Å². The summed E-state index contributed by atoms with van der Waals surface area (Å²) in [6.45, 7) is 3.96. The average molecular weight is 297 g/mol. The molecule has 0 bridgehead atoms. The van der Waals surface area contributed by atoms with Gasteiger partial charge in [0.25, 0.3) is 0 Å². The molecular formula is C16H25ClN2O. The molecule has 1 aromatic rings. The van der Waals surface area contributed by atoms with Gasteiger partial charge in [-0.05, 0) is 30.7 Å². The molecule has 0 aliphatic heterocycles. The summed E-state index contributed by atoms with van der Waals surface area (Å²) in [6, 6.07) is 5.21. The Hall–Kier alpha value is -1.06. The number of rotatable bonds is 10. The summed E-state index contributed by atoms with van der Waals surface area (Å²) in [5.41, 5.74) is 6.66. The molecule has 3 nitrogen and oxygen atoms in total. The Bertz CT molecular complexity index is 421. The maximum atomic E-state index is 11.0. The van der Waals surface area contributed by atoms with Gasteiger partial charge in [0.2, 0.25) is 5.91 Å². The molecule has 0 aliphatic carbocycles. The van der Waals surface area contributed by atoms with E-state index in [0.29, 0.717) is 10.6 Å². The van der Waals surface area contributed by atoms with Crippen LogP contribution in [0.4, 0.5) is 0 Å². The molecule has 0 fully saturated rings. The van der Waals surface area contributed by atoms with E-state index in [1.165, 1.54) is 38.5 Å². The van der Waals surface area contributed by atoms with E-state index < -0.39 is 5.91 Å². The van der Waals surface area contributed by atoms with E-state index in [9.17, 15) is 4.79 Å². The highest BCUT2D eigenvalue weighted by Gasteiger charge is 2.05. The number of nitrogens with one attached hydrogen (secondary N) is 1. The lowest BCUT2D eigenvalue weighted by Crippen LogP contribution is -2.16. The highest BCUT2D eigenvalue weighted by molar-refractivity contribution is 6.31. The number of primary amides is 1. The molecule has 20 heavy (non-hydrogen) atoms. The number of hydrogen-bond acceptors (Lipinski definition) is 2. The zero-order valence-corrected chi connectivity index (χ0v) is 13.0. The van der Waals surface area contributed by atoms with Crippen molar-refractivity contribution in [3.05, 3.63) is 34.3 Å². The molecular weight excluding hydrogens is 272 g/mol. The quantitative estimate of drug-likeness (QED) is 0.644. The zero-order valence-electron chi connectivity index (χ0n) is 12.3. The Morgan fingerprint density at radius 1 is 1.20 bits per heavy atom. The Labute approximate surface area is 126 Å². The molecule has 1 amide bonds. The van der Waals surface area contributed by atoms with Gasteiger partial charge in [0, 0.05) is 17.1 Å². The third kappa shape index (κ3) is 6.40. The van der Waals surface area contributed by atoms with E-state index in [1.54, 1.807) is 12.1 Å². The number of nitrogens with two attached hydrogens (primary N) is 1. The van der Waals surface area contributed by atoms with Gasteiger partial charge in [-0.3, -0.25) is 4.79 Å². The number of benzene rings is 1. The summed E-state index contributed by atoms with van der Waals surface area (Å²) >= 11 is 6.12. The number of amides is 1. The first kappa shape index (κ1) is 17.0. The van der Waals surface area contributed by atoms with Gasteiger partial charge in [-0.1, -0.05) is 56.7 Å². The summed E-state index contributed by atoms with van der Waals surface area (Å²) in [4.78, 5) is 11.0. The SMILES string of the molecule is CCCCCCCCNCc1ccc(C(N)=O)cc1Cl. The molecule has 0 saturated carbocycles. The average Bonchev–Trinajstić information content (AvgIpc) is 2.43. The van der Waals surface area contributed by atoms with Crippen LogP contribution in [0.3, 0.4) is 0 Å². The van der Waals surface area contributed by atoms with Crippen molar-refractivity contribution in [2.75, 3.05) is 6.54 Å². The van der Waals surface area contributed by atoms with Crippen molar-refractivity contribution in [2.45, 2.75) is 52.0 Å². The van der Waals surface area contributed by atoms with Crippen molar-refractivity contribution in [3.63, 3.8) is 0 Å². The van der Waals surface area contributed by atoms with E-state index in [2.05, 4.69) is 12.2 Å². The van der Waals surface area contributed by atoms with Crippen LogP contribution in [-0.4, -0.2) is 12.5 Å². The lowest BCUT2D eigenvalue weighted by molar-refractivity contribution is 0.100. The molecule has 0 unspecified atom stereocenters. The molecule has 0 aliphatic rings.